The van der Waals surface area contributed by atoms with Crippen LogP contribution in [-0.2, 0) is 4.79 Å². The SMILES string of the molecule is O=C(C1CCCCCCN1)N1CCCCC1CO. The molecule has 0 aromatic rings. The van der Waals surface area contributed by atoms with Gasteiger partial charge in [-0.15, -0.1) is 0 Å². The Labute approximate surface area is 110 Å². The molecule has 0 aromatic heterocycles. The number of rotatable bonds is 2. The Balaban J connectivity index is 1.94. The number of hydrogen-bond donors (Lipinski definition) is 2. The van der Waals surface area contributed by atoms with Gasteiger partial charge in [0.1, 0.15) is 0 Å². The van der Waals surface area contributed by atoms with E-state index in [4.69, 9.17) is 0 Å². The molecule has 0 saturated carbocycles. The van der Waals surface area contributed by atoms with E-state index in [-0.39, 0.29) is 24.6 Å². The first-order valence-corrected chi connectivity index (χ1v) is 7.47. The summed E-state index contributed by atoms with van der Waals surface area (Å²) >= 11 is 0. The quantitative estimate of drug-likeness (QED) is 0.780. The van der Waals surface area contributed by atoms with Crippen molar-refractivity contribution in [2.45, 2.75) is 63.5 Å². The molecular formula is C14H26N2O2. The Bertz CT molecular complexity index is 263. The average Bonchev–Trinajstić information content (AvgIpc) is 2.37. The van der Waals surface area contributed by atoms with Crippen LogP contribution in [0.25, 0.3) is 0 Å². The van der Waals surface area contributed by atoms with Gasteiger partial charge in [0.05, 0.1) is 18.7 Å². The minimum atomic E-state index is -0.0163. The van der Waals surface area contributed by atoms with E-state index in [1.54, 1.807) is 0 Å². The van der Waals surface area contributed by atoms with Gasteiger partial charge in [0.25, 0.3) is 0 Å². The third-order valence-corrected chi connectivity index (χ3v) is 4.23. The topological polar surface area (TPSA) is 52.6 Å². The van der Waals surface area contributed by atoms with Crippen LogP contribution >= 0.6 is 0 Å². The summed E-state index contributed by atoms with van der Waals surface area (Å²) in [4.78, 5) is 14.5. The van der Waals surface area contributed by atoms with Gasteiger partial charge in [-0.2, -0.15) is 0 Å². The first kappa shape index (κ1) is 13.8. The van der Waals surface area contributed by atoms with Crippen LogP contribution in [0.5, 0.6) is 0 Å². The Morgan fingerprint density at radius 1 is 1.11 bits per heavy atom. The average molecular weight is 254 g/mol. The van der Waals surface area contributed by atoms with Crippen LogP contribution in [0, 0.1) is 0 Å². The maximum atomic E-state index is 12.5. The number of carbonyl (C=O) groups excluding carboxylic acids is 1. The van der Waals surface area contributed by atoms with Gasteiger partial charge in [-0.3, -0.25) is 4.79 Å². The molecular weight excluding hydrogens is 228 g/mol. The lowest BCUT2D eigenvalue weighted by molar-refractivity contribution is -0.138. The Kier molecular flexibility index (Phi) is 5.45. The summed E-state index contributed by atoms with van der Waals surface area (Å²) in [6.45, 7) is 1.88. The number of aliphatic hydroxyl groups is 1. The number of hydrogen-bond acceptors (Lipinski definition) is 3. The second-order valence-electron chi connectivity index (χ2n) is 5.57. The van der Waals surface area contributed by atoms with Crippen LogP contribution in [0.1, 0.15) is 51.4 Å². The second kappa shape index (κ2) is 7.10. The summed E-state index contributed by atoms with van der Waals surface area (Å²) in [6, 6.07) is 0.0379. The van der Waals surface area contributed by atoms with Crippen molar-refractivity contribution >= 4 is 5.91 Å². The van der Waals surface area contributed by atoms with Gasteiger partial charge in [-0.25, -0.2) is 0 Å². The number of carbonyl (C=O) groups is 1. The molecule has 0 aliphatic carbocycles. The first-order valence-electron chi connectivity index (χ1n) is 7.47. The summed E-state index contributed by atoms with van der Waals surface area (Å²) < 4.78 is 0. The molecule has 0 spiro atoms. The molecule has 2 atom stereocenters. The van der Waals surface area contributed by atoms with Crippen molar-refractivity contribution in [1.29, 1.82) is 0 Å². The molecule has 2 aliphatic heterocycles. The number of amides is 1. The fourth-order valence-corrected chi connectivity index (χ4v) is 3.10. The number of aliphatic hydroxyl groups excluding tert-OH is 1. The summed E-state index contributed by atoms with van der Waals surface area (Å²) in [7, 11) is 0. The summed E-state index contributed by atoms with van der Waals surface area (Å²) in [5.41, 5.74) is 0. The summed E-state index contributed by atoms with van der Waals surface area (Å²) in [5, 5.41) is 12.8. The lowest BCUT2D eigenvalue weighted by atomic mass is 9.98. The van der Waals surface area contributed by atoms with Gasteiger partial charge in [0.15, 0.2) is 0 Å². The molecule has 2 rings (SSSR count). The predicted octanol–water partition coefficient (Wildman–Crippen LogP) is 1.28. The normalized spacial score (nSPS) is 30.6. The molecule has 4 heteroatoms. The third kappa shape index (κ3) is 3.45. The van der Waals surface area contributed by atoms with E-state index >= 15 is 0 Å². The molecule has 1 amide bonds. The highest BCUT2D eigenvalue weighted by Crippen LogP contribution is 2.19. The summed E-state index contributed by atoms with van der Waals surface area (Å²) in [6.07, 6.45) is 8.95. The maximum absolute atomic E-state index is 12.5. The van der Waals surface area contributed by atoms with Gasteiger partial charge >= 0.3 is 0 Å². The zero-order valence-electron chi connectivity index (χ0n) is 11.2. The fraction of sp³-hybridized carbons (Fsp3) is 0.929. The fourth-order valence-electron chi connectivity index (χ4n) is 3.10. The molecule has 2 unspecified atom stereocenters. The first-order chi connectivity index (χ1) is 8.83. The van der Waals surface area contributed by atoms with Crippen molar-refractivity contribution in [3.8, 4) is 0 Å². The Morgan fingerprint density at radius 3 is 2.72 bits per heavy atom. The van der Waals surface area contributed by atoms with Crippen LogP contribution in [0.2, 0.25) is 0 Å². The van der Waals surface area contributed by atoms with E-state index < -0.39 is 0 Å². The molecule has 104 valence electrons. The standard InChI is InChI=1S/C14H26N2O2/c17-11-12-7-4-6-10-16(12)14(18)13-8-3-1-2-5-9-15-13/h12-13,15,17H,1-11H2. The smallest absolute Gasteiger partial charge is 0.240 e. The lowest BCUT2D eigenvalue weighted by Gasteiger charge is -2.37. The monoisotopic (exact) mass is 254 g/mol. The lowest BCUT2D eigenvalue weighted by Crippen LogP contribution is -2.53. The molecule has 2 heterocycles. The third-order valence-electron chi connectivity index (χ3n) is 4.23. The van der Waals surface area contributed by atoms with Crippen molar-refractivity contribution < 1.29 is 9.90 Å². The molecule has 18 heavy (non-hydrogen) atoms. The molecule has 0 radical (unpaired) electrons. The second-order valence-corrected chi connectivity index (χ2v) is 5.57. The molecule has 4 nitrogen and oxygen atoms in total. The van der Waals surface area contributed by atoms with Crippen molar-refractivity contribution in [1.82, 2.24) is 10.2 Å². The molecule has 2 N–H and O–H groups in total. The molecule has 0 bridgehead atoms. The molecule has 2 fully saturated rings. The number of nitrogens with one attached hydrogen (secondary N) is 1. The van der Waals surface area contributed by atoms with Crippen LogP contribution in [0.3, 0.4) is 0 Å². The van der Waals surface area contributed by atoms with E-state index in [0.29, 0.717) is 0 Å². The number of likely N-dealkylation sites (tertiary alicyclic amines) is 1. The van der Waals surface area contributed by atoms with Gasteiger partial charge in [-0.1, -0.05) is 19.3 Å². The minimum Gasteiger partial charge on any atom is -0.394 e. The summed E-state index contributed by atoms with van der Waals surface area (Å²) in [5.74, 6) is 0.218. The van der Waals surface area contributed by atoms with E-state index in [0.717, 1.165) is 45.2 Å². The predicted molar refractivity (Wildman–Crippen MR) is 71.3 cm³/mol. The highest BCUT2D eigenvalue weighted by molar-refractivity contribution is 5.82. The van der Waals surface area contributed by atoms with E-state index in [2.05, 4.69) is 5.32 Å². The Hall–Kier alpha value is -0.610. The number of piperidine rings is 1. The van der Waals surface area contributed by atoms with Crippen LogP contribution in [-0.4, -0.2) is 47.7 Å². The van der Waals surface area contributed by atoms with E-state index in [1.165, 1.54) is 19.3 Å². The maximum Gasteiger partial charge on any atom is 0.240 e. The van der Waals surface area contributed by atoms with Crippen molar-refractivity contribution in [3.63, 3.8) is 0 Å². The van der Waals surface area contributed by atoms with Gasteiger partial charge in [-0.05, 0) is 38.6 Å². The van der Waals surface area contributed by atoms with Crippen LogP contribution < -0.4 is 5.32 Å². The van der Waals surface area contributed by atoms with Crippen molar-refractivity contribution in [2.75, 3.05) is 19.7 Å². The zero-order chi connectivity index (χ0) is 12.8. The van der Waals surface area contributed by atoms with Gasteiger partial charge < -0.3 is 15.3 Å². The Morgan fingerprint density at radius 2 is 1.89 bits per heavy atom. The highest BCUT2D eigenvalue weighted by Gasteiger charge is 2.30. The zero-order valence-corrected chi connectivity index (χ0v) is 11.2. The largest absolute Gasteiger partial charge is 0.394 e. The molecule has 2 saturated heterocycles. The molecule has 2 aliphatic rings. The highest BCUT2D eigenvalue weighted by atomic mass is 16.3. The van der Waals surface area contributed by atoms with Crippen molar-refractivity contribution in [3.05, 3.63) is 0 Å². The number of nitrogens with zero attached hydrogens (tertiary/aromatic N) is 1. The minimum absolute atomic E-state index is 0.0163. The van der Waals surface area contributed by atoms with Crippen molar-refractivity contribution in [2.24, 2.45) is 0 Å². The van der Waals surface area contributed by atoms with Crippen LogP contribution in [0.15, 0.2) is 0 Å². The van der Waals surface area contributed by atoms with E-state index in [9.17, 15) is 9.90 Å². The van der Waals surface area contributed by atoms with Gasteiger partial charge in [0.2, 0.25) is 5.91 Å². The molecule has 0 aromatic carbocycles. The van der Waals surface area contributed by atoms with Gasteiger partial charge in [0, 0.05) is 6.54 Å². The van der Waals surface area contributed by atoms with E-state index in [1.807, 2.05) is 4.90 Å². The van der Waals surface area contributed by atoms with Crippen LogP contribution in [0.4, 0.5) is 0 Å².